The van der Waals surface area contributed by atoms with Crippen molar-refractivity contribution >= 4 is 15.9 Å². The second-order valence-electron chi connectivity index (χ2n) is 8.40. The quantitative estimate of drug-likeness (QED) is 0.764. The molecule has 1 N–H and O–H groups in total. The molecule has 160 valence electrons. The normalized spacial score (nSPS) is 22.1. The summed E-state index contributed by atoms with van der Waals surface area (Å²) < 4.78 is 41.0. The second-order valence-corrected chi connectivity index (χ2v) is 10.2. The molecule has 4 rings (SSSR count). The van der Waals surface area contributed by atoms with Crippen molar-refractivity contribution in [2.75, 3.05) is 12.8 Å². The lowest BCUT2D eigenvalue weighted by atomic mass is 9.84. The van der Waals surface area contributed by atoms with Gasteiger partial charge in [0.15, 0.2) is 0 Å². The summed E-state index contributed by atoms with van der Waals surface area (Å²) in [6, 6.07) is 13.7. The summed E-state index contributed by atoms with van der Waals surface area (Å²) in [5.74, 6) is -0.128. The van der Waals surface area contributed by atoms with Crippen LogP contribution in [0, 0.1) is 11.7 Å². The van der Waals surface area contributed by atoms with E-state index in [0.29, 0.717) is 24.9 Å². The molecule has 0 spiro atoms. The molecule has 2 aromatic carbocycles. The van der Waals surface area contributed by atoms with E-state index < -0.39 is 10.0 Å². The molecule has 1 aliphatic heterocycles. The highest BCUT2D eigenvalue weighted by Gasteiger charge is 2.41. The van der Waals surface area contributed by atoms with Crippen molar-refractivity contribution in [3.05, 3.63) is 59.9 Å². The number of rotatable bonds is 6. The number of carbonyl (C=O) groups is 1. The molecule has 0 bridgehead atoms. The van der Waals surface area contributed by atoms with Crippen LogP contribution in [0.2, 0.25) is 0 Å². The molecule has 7 heteroatoms. The maximum absolute atomic E-state index is 14.5. The number of sulfonamides is 1. The molecule has 0 radical (unpaired) electrons. The number of nitrogens with zero attached hydrogens (tertiary/aromatic N) is 1. The summed E-state index contributed by atoms with van der Waals surface area (Å²) in [5, 5.41) is 0. The second kappa shape index (κ2) is 8.47. The van der Waals surface area contributed by atoms with E-state index in [-0.39, 0.29) is 29.7 Å². The van der Waals surface area contributed by atoms with E-state index in [0.717, 1.165) is 36.6 Å². The minimum atomic E-state index is -3.40. The van der Waals surface area contributed by atoms with Crippen LogP contribution in [0.25, 0.3) is 11.1 Å². The molecule has 5 nitrogen and oxygen atoms in total. The number of likely N-dealkylation sites (tertiary alicyclic amines) is 1. The van der Waals surface area contributed by atoms with Gasteiger partial charge >= 0.3 is 0 Å². The van der Waals surface area contributed by atoms with Gasteiger partial charge in [0.25, 0.3) is 0 Å². The minimum Gasteiger partial charge on any atom is -0.337 e. The molecule has 30 heavy (non-hydrogen) atoms. The minimum absolute atomic E-state index is 0.0533. The number of amides is 1. The van der Waals surface area contributed by atoms with Crippen molar-refractivity contribution in [3.63, 3.8) is 0 Å². The van der Waals surface area contributed by atoms with Gasteiger partial charge in [-0.05, 0) is 48.9 Å². The number of carbonyl (C=O) groups excluding carboxylic acids is 1. The fourth-order valence-electron chi connectivity index (χ4n) is 4.46. The van der Waals surface area contributed by atoms with Gasteiger partial charge in [-0.15, -0.1) is 0 Å². The van der Waals surface area contributed by atoms with Gasteiger partial charge in [-0.1, -0.05) is 42.8 Å². The fraction of sp³-hybridized carbons (Fsp3) is 0.435. The Morgan fingerprint density at radius 1 is 1.13 bits per heavy atom. The molecule has 2 fully saturated rings. The van der Waals surface area contributed by atoms with E-state index in [1.54, 1.807) is 6.07 Å². The Labute approximate surface area is 177 Å². The van der Waals surface area contributed by atoms with Crippen LogP contribution in [0.5, 0.6) is 0 Å². The van der Waals surface area contributed by atoms with Crippen molar-refractivity contribution in [3.8, 4) is 11.1 Å². The summed E-state index contributed by atoms with van der Waals surface area (Å²) in [5.41, 5.74) is 2.18. The Hall–Kier alpha value is -2.25. The molecular formula is C23H27FN2O3S. The van der Waals surface area contributed by atoms with Crippen LogP contribution in [-0.2, 0) is 21.2 Å². The van der Waals surface area contributed by atoms with Gasteiger partial charge in [-0.2, -0.15) is 0 Å². The Morgan fingerprint density at radius 3 is 2.50 bits per heavy atom. The maximum Gasteiger partial charge on any atom is 0.225 e. The highest BCUT2D eigenvalue weighted by atomic mass is 32.2. The summed E-state index contributed by atoms with van der Waals surface area (Å²) in [6.45, 7) is 0.542. The lowest BCUT2D eigenvalue weighted by Crippen LogP contribution is -2.49. The van der Waals surface area contributed by atoms with E-state index in [4.69, 9.17) is 0 Å². The highest BCUT2D eigenvalue weighted by molar-refractivity contribution is 7.88. The summed E-state index contributed by atoms with van der Waals surface area (Å²) in [7, 11) is -3.40. The van der Waals surface area contributed by atoms with Gasteiger partial charge < -0.3 is 4.90 Å². The van der Waals surface area contributed by atoms with Crippen LogP contribution in [0.1, 0.15) is 31.2 Å². The van der Waals surface area contributed by atoms with Crippen LogP contribution in [0.4, 0.5) is 4.39 Å². The number of benzene rings is 2. The Balaban J connectivity index is 1.62. The average molecular weight is 431 g/mol. The number of hydrogen-bond donors (Lipinski definition) is 1. The van der Waals surface area contributed by atoms with Crippen LogP contribution in [-0.4, -0.2) is 44.1 Å². The first-order chi connectivity index (χ1) is 14.3. The van der Waals surface area contributed by atoms with Crippen LogP contribution < -0.4 is 4.72 Å². The van der Waals surface area contributed by atoms with Gasteiger partial charge in [0.05, 0.1) is 12.3 Å². The van der Waals surface area contributed by atoms with Crippen molar-refractivity contribution in [2.45, 2.75) is 44.2 Å². The van der Waals surface area contributed by atoms with Gasteiger partial charge in [0.1, 0.15) is 5.82 Å². The third-order valence-electron chi connectivity index (χ3n) is 6.21. The maximum atomic E-state index is 14.5. The smallest absolute Gasteiger partial charge is 0.225 e. The molecule has 1 heterocycles. The topological polar surface area (TPSA) is 66.5 Å². The molecule has 2 aliphatic rings. The first kappa shape index (κ1) is 21.0. The summed E-state index contributed by atoms with van der Waals surface area (Å²) in [6.07, 6.45) is 5.08. The van der Waals surface area contributed by atoms with Crippen LogP contribution in [0.15, 0.2) is 48.5 Å². The number of nitrogens with one attached hydrogen (secondary N) is 1. The van der Waals surface area contributed by atoms with E-state index in [1.165, 1.54) is 6.07 Å². The van der Waals surface area contributed by atoms with E-state index in [2.05, 4.69) is 4.72 Å². The number of hydrogen-bond acceptors (Lipinski definition) is 3. The molecule has 2 aromatic rings. The zero-order valence-electron chi connectivity index (χ0n) is 17.1. The predicted octanol–water partition coefficient (Wildman–Crippen LogP) is 3.35. The van der Waals surface area contributed by atoms with E-state index in [1.807, 2.05) is 41.3 Å². The first-order valence-corrected chi connectivity index (χ1v) is 12.3. The third-order valence-corrected chi connectivity index (χ3v) is 6.94. The molecule has 0 aromatic heterocycles. The van der Waals surface area contributed by atoms with Gasteiger partial charge in [0, 0.05) is 24.1 Å². The molecule has 1 saturated heterocycles. The summed E-state index contributed by atoms with van der Waals surface area (Å²) in [4.78, 5) is 14.8. The SMILES string of the molecule is CS(=O)(=O)N[C@@H]1CCN(C(=O)C2CCC2)[C@@H]1Cc1ccc(F)c(-c2ccccc2)c1. The lowest BCUT2D eigenvalue weighted by Gasteiger charge is -2.34. The summed E-state index contributed by atoms with van der Waals surface area (Å²) >= 11 is 0. The molecule has 1 saturated carbocycles. The first-order valence-electron chi connectivity index (χ1n) is 10.4. The third kappa shape index (κ3) is 4.57. The Bertz CT molecular complexity index is 1020. The number of halogens is 1. The Morgan fingerprint density at radius 2 is 1.87 bits per heavy atom. The van der Waals surface area contributed by atoms with Gasteiger partial charge in [-0.3, -0.25) is 4.79 Å². The monoisotopic (exact) mass is 430 g/mol. The average Bonchev–Trinajstić information content (AvgIpc) is 3.03. The van der Waals surface area contributed by atoms with E-state index >= 15 is 0 Å². The van der Waals surface area contributed by atoms with E-state index in [9.17, 15) is 17.6 Å². The van der Waals surface area contributed by atoms with Crippen molar-refractivity contribution in [1.82, 2.24) is 9.62 Å². The largest absolute Gasteiger partial charge is 0.337 e. The lowest BCUT2D eigenvalue weighted by molar-refractivity contribution is -0.139. The Kier molecular flexibility index (Phi) is 5.93. The zero-order chi connectivity index (χ0) is 21.3. The molecule has 1 aliphatic carbocycles. The van der Waals surface area contributed by atoms with Crippen LogP contribution in [0.3, 0.4) is 0 Å². The zero-order valence-corrected chi connectivity index (χ0v) is 17.9. The van der Waals surface area contributed by atoms with Crippen molar-refractivity contribution in [2.24, 2.45) is 5.92 Å². The molecule has 2 atom stereocenters. The molecule has 0 unspecified atom stereocenters. The molecular weight excluding hydrogens is 403 g/mol. The highest BCUT2D eigenvalue weighted by Crippen LogP contribution is 2.33. The van der Waals surface area contributed by atoms with Crippen LogP contribution >= 0.6 is 0 Å². The van der Waals surface area contributed by atoms with Crippen molar-refractivity contribution < 1.29 is 17.6 Å². The van der Waals surface area contributed by atoms with Crippen molar-refractivity contribution in [1.29, 1.82) is 0 Å². The predicted molar refractivity (Wildman–Crippen MR) is 115 cm³/mol. The van der Waals surface area contributed by atoms with Gasteiger partial charge in [-0.25, -0.2) is 17.5 Å². The fourth-order valence-corrected chi connectivity index (χ4v) is 5.29. The van der Waals surface area contributed by atoms with Gasteiger partial charge in [0.2, 0.25) is 15.9 Å². The standard InChI is InChI=1S/C23H27FN2O3S/c1-30(28,29)25-21-12-13-26(23(27)18-8-5-9-18)22(21)15-16-10-11-20(24)19(14-16)17-6-3-2-4-7-17/h2-4,6-7,10-11,14,18,21-22,25H,5,8-9,12-13,15H2,1H3/t21-,22-/m1/s1. The molecule has 1 amide bonds.